The number of amides is 1. The van der Waals surface area contributed by atoms with Crippen LogP contribution in [0.15, 0.2) is 84.9 Å². The molecule has 2 aliphatic rings. The number of nitrogens with one attached hydrogen (secondary N) is 1. The van der Waals surface area contributed by atoms with Crippen LogP contribution in [0.1, 0.15) is 34.6 Å². The third-order valence-corrected chi connectivity index (χ3v) is 7.82. The molecule has 0 saturated heterocycles. The van der Waals surface area contributed by atoms with Crippen LogP contribution in [0.4, 0.5) is 0 Å². The van der Waals surface area contributed by atoms with Gasteiger partial charge in [-0.1, -0.05) is 66.7 Å². The Bertz CT molecular complexity index is 1500. The van der Waals surface area contributed by atoms with E-state index in [1.165, 1.54) is 39.1 Å². The van der Waals surface area contributed by atoms with Gasteiger partial charge in [-0.25, -0.2) is 4.21 Å². The summed E-state index contributed by atoms with van der Waals surface area (Å²) in [4.78, 5) is 11.8. The van der Waals surface area contributed by atoms with Gasteiger partial charge in [-0.05, 0) is 63.6 Å². The van der Waals surface area contributed by atoms with E-state index in [4.69, 9.17) is 0 Å². The normalized spacial score (nSPS) is 19.4. The first-order valence-electron chi connectivity index (χ1n) is 11.0. The quantitative estimate of drug-likeness (QED) is 0.437. The highest BCUT2D eigenvalue weighted by atomic mass is 32.2. The zero-order valence-electron chi connectivity index (χ0n) is 17.7. The van der Waals surface area contributed by atoms with Crippen LogP contribution in [0.3, 0.4) is 0 Å². The maximum Gasteiger partial charge on any atom is 0.257 e. The second-order valence-electron chi connectivity index (χ2n) is 8.51. The molecular formula is C28H21NO3S. The van der Waals surface area contributed by atoms with Gasteiger partial charge in [0.25, 0.3) is 5.91 Å². The third kappa shape index (κ3) is 3.28. The molecule has 1 amide bonds. The van der Waals surface area contributed by atoms with E-state index in [0.29, 0.717) is 10.5 Å². The molecule has 5 heteroatoms. The van der Waals surface area contributed by atoms with Gasteiger partial charge in [-0.15, -0.1) is 0 Å². The zero-order valence-corrected chi connectivity index (χ0v) is 18.6. The second kappa shape index (κ2) is 7.71. The number of hydrogen-bond acceptors (Lipinski definition) is 3. The van der Waals surface area contributed by atoms with Crippen LogP contribution in [0.25, 0.3) is 26.8 Å². The SMILES string of the molecule is O=C1C=C(c2ccc([C@H]3CCc4c(-c5cccc6ccccc56)cccc43)cc2O)S(=O)N1. The molecule has 0 aromatic heterocycles. The molecule has 6 rings (SSSR count). The van der Waals surface area contributed by atoms with Crippen molar-refractivity contribution in [2.75, 3.05) is 0 Å². The van der Waals surface area contributed by atoms with E-state index in [1.807, 2.05) is 6.07 Å². The van der Waals surface area contributed by atoms with E-state index in [9.17, 15) is 14.1 Å². The first-order chi connectivity index (χ1) is 16.1. The van der Waals surface area contributed by atoms with Crippen molar-refractivity contribution in [2.24, 2.45) is 0 Å². The van der Waals surface area contributed by atoms with Crippen LogP contribution < -0.4 is 4.72 Å². The van der Waals surface area contributed by atoms with Gasteiger partial charge < -0.3 is 5.11 Å². The first-order valence-corrected chi connectivity index (χ1v) is 12.1. The van der Waals surface area contributed by atoms with Gasteiger partial charge in [0.1, 0.15) is 5.75 Å². The van der Waals surface area contributed by atoms with E-state index < -0.39 is 16.9 Å². The molecule has 0 fully saturated rings. The largest absolute Gasteiger partial charge is 0.507 e. The Kier molecular flexibility index (Phi) is 4.66. The lowest BCUT2D eigenvalue weighted by molar-refractivity contribution is -0.114. The van der Waals surface area contributed by atoms with Gasteiger partial charge in [0.15, 0.2) is 11.0 Å². The van der Waals surface area contributed by atoms with E-state index in [1.54, 1.807) is 12.1 Å². The summed E-state index contributed by atoms with van der Waals surface area (Å²) in [6, 6.07) is 26.9. The molecule has 0 radical (unpaired) electrons. The predicted octanol–water partition coefficient (Wildman–Crippen LogP) is 5.42. The molecule has 2 atom stereocenters. The standard InChI is InChI=1S/C28H21NO3S/c30-26-15-18(11-12-25(26)27-16-28(31)29-33(27)32)20-13-14-24-22(20)9-4-10-23(24)21-8-3-6-17-5-1-2-7-19(17)21/h1-12,15-16,20,30H,13-14H2,(H,29,31)/t20-,33?/m1/s1. The molecule has 0 bridgehead atoms. The minimum Gasteiger partial charge on any atom is -0.507 e. The maximum atomic E-state index is 12.1. The highest BCUT2D eigenvalue weighted by Gasteiger charge is 2.28. The molecule has 0 saturated carbocycles. The number of rotatable bonds is 3. The van der Waals surface area contributed by atoms with Gasteiger partial charge in [0.2, 0.25) is 0 Å². The zero-order chi connectivity index (χ0) is 22.5. The van der Waals surface area contributed by atoms with Crippen LogP contribution in [0, 0.1) is 0 Å². The van der Waals surface area contributed by atoms with Gasteiger partial charge in [-0.3, -0.25) is 9.52 Å². The van der Waals surface area contributed by atoms with Gasteiger partial charge >= 0.3 is 0 Å². The molecule has 33 heavy (non-hydrogen) atoms. The van der Waals surface area contributed by atoms with Gasteiger partial charge in [-0.2, -0.15) is 0 Å². The fourth-order valence-electron chi connectivity index (χ4n) is 5.21. The molecule has 1 aliphatic heterocycles. The lowest BCUT2D eigenvalue weighted by Gasteiger charge is -2.16. The van der Waals surface area contributed by atoms with Crippen molar-refractivity contribution in [1.82, 2.24) is 4.72 Å². The maximum absolute atomic E-state index is 12.1. The molecule has 4 nitrogen and oxygen atoms in total. The van der Waals surface area contributed by atoms with Gasteiger partial charge in [0, 0.05) is 17.6 Å². The Morgan fingerprint density at radius 2 is 1.67 bits per heavy atom. The van der Waals surface area contributed by atoms with Crippen molar-refractivity contribution in [3.05, 3.63) is 107 Å². The number of fused-ring (bicyclic) bond motifs is 2. The summed E-state index contributed by atoms with van der Waals surface area (Å²) >= 11 is 0. The van der Waals surface area contributed by atoms with Crippen LogP contribution in [0.2, 0.25) is 0 Å². The minimum absolute atomic E-state index is 0.0438. The molecule has 4 aromatic carbocycles. The molecule has 1 heterocycles. The Morgan fingerprint density at radius 1 is 0.879 bits per heavy atom. The first kappa shape index (κ1) is 19.9. The topological polar surface area (TPSA) is 66.4 Å². The Hall–Kier alpha value is -3.70. The highest BCUT2D eigenvalue weighted by molar-refractivity contribution is 7.94. The Morgan fingerprint density at radius 3 is 2.48 bits per heavy atom. The molecule has 4 aromatic rings. The fourth-order valence-corrected chi connectivity index (χ4v) is 6.15. The highest BCUT2D eigenvalue weighted by Crippen LogP contribution is 2.44. The smallest absolute Gasteiger partial charge is 0.257 e. The molecule has 0 spiro atoms. The lowest BCUT2D eigenvalue weighted by atomic mass is 9.89. The van der Waals surface area contributed by atoms with Crippen molar-refractivity contribution >= 4 is 32.6 Å². The van der Waals surface area contributed by atoms with Crippen LogP contribution in [-0.2, 0) is 22.2 Å². The number of carbonyl (C=O) groups excluding carboxylic acids is 1. The average molecular weight is 452 g/mol. The summed E-state index contributed by atoms with van der Waals surface area (Å²) in [5.74, 6) is -0.183. The molecular weight excluding hydrogens is 430 g/mol. The molecule has 1 aliphatic carbocycles. The number of phenols is 1. The van der Waals surface area contributed by atoms with Crippen LogP contribution in [-0.4, -0.2) is 15.2 Å². The lowest BCUT2D eigenvalue weighted by Crippen LogP contribution is -2.16. The predicted molar refractivity (Wildman–Crippen MR) is 132 cm³/mol. The summed E-state index contributed by atoms with van der Waals surface area (Å²) in [5.41, 5.74) is 6.61. The summed E-state index contributed by atoms with van der Waals surface area (Å²) in [6.07, 6.45) is 3.21. The molecule has 2 N–H and O–H groups in total. The summed E-state index contributed by atoms with van der Waals surface area (Å²) in [5, 5.41) is 13.2. The van der Waals surface area contributed by atoms with E-state index in [2.05, 4.69) is 65.4 Å². The minimum atomic E-state index is -1.63. The second-order valence-corrected chi connectivity index (χ2v) is 9.69. The number of phenolic OH excluding ortho intramolecular Hbond substituents is 1. The van der Waals surface area contributed by atoms with E-state index in [-0.39, 0.29) is 11.7 Å². The summed E-state index contributed by atoms with van der Waals surface area (Å²) in [6.45, 7) is 0. The summed E-state index contributed by atoms with van der Waals surface area (Å²) < 4.78 is 14.4. The fraction of sp³-hybridized carbons (Fsp3) is 0.107. The van der Waals surface area contributed by atoms with Crippen molar-refractivity contribution in [2.45, 2.75) is 18.8 Å². The monoisotopic (exact) mass is 451 g/mol. The van der Waals surface area contributed by atoms with Crippen molar-refractivity contribution in [3.63, 3.8) is 0 Å². The Labute approximate surface area is 194 Å². The summed E-state index contributed by atoms with van der Waals surface area (Å²) in [7, 11) is -1.63. The van der Waals surface area contributed by atoms with E-state index >= 15 is 0 Å². The van der Waals surface area contributed by atoms with Crippen molar-refractivity contribution in [3.8, 4) is 16.9 Å². The van der Waals surface area contributed by atoms with Crippen molar-refractivity contribution < 1.29 is 14.1 Å². The number of aromatic hydroxyl groups is 1. The Balaban J connectivity index is 1.41. The van der Waals surface area contributed by atoms with E-state index in [0.717, 1.165) is 18.4 Å². The molecule has 1 unspecified atom stereocenters. The number of carbonyl (C=O) groups is 1. The number of hydrogen-bond donors (Lipinski definition) is 2. The van der Waals surface area contributed by atoms with Crippen LogP contribution >= 0.6 is 0 Å². The van der Waals surface area contributed by atoms with Gasteiger partial charge in [0.05, 0.1) is 4.91 Å². The van der Waals surface area contributed by atoms with Crippen LogP contribution in [0.5, 0.6) is 5.75 Å². The third-order valence-electron chi connectivity index (χ3n) is 6.70. The average Bonchev–Trinajstić information content (AvgIpc) is 3.41. The van der Waals surface area contributed by atoms with Crippen molar-refractivity contribution in [1.29, 1.82) is 0 Å². The number of benzene rings is 4. The molecule has 162 valence electrons.